The topological polar surface area (TPSA) is 34.6 Å². The number of aromatic nitrogens is 4. The maximum atomic E-state index is 5.25. The Balaban J connectivity index is 1.09. The third-order valence-corrected chi connectivity index (χ3v) is 10.5. The standard InChI is InChI=1S/C40H34N4/c1-3-11-27-21-37-35(19-25(27)9-1)31-13-5-7-15-33(31)39-41-29(23-43(37)39)17-18-30-24-44-38-22-28-12-4-2-10-26(28)20-36(38)32-14-6-8-16-34(32)40(44)42-30/h5-8,13-16,19-24H,1-4,9-12,17-18H2. The highest BCUT2D eigenvalue weighted by Gasteiger charge is 2.19. The van der Waals surface area contributed by atoms with Gasteiger partial charge in [0.25, 0.3) is 0 Å². The molecular formula is C40H34N4. The Morgan fingerprint density at radius 2 is 0.841 bits per heavy atom. The Kier molecular flexibility index (Phi) is 5.28. The van der Waals surface area contributed by atoms with Crippen molar-refractivity contribution in [3.8, 4) is 0 Å². The summed E-state index contributed by atoms with van der Waals surface area (Å²) in [7, 11) is 0. The summed E-state index contributed by atoms with van der Waals surface area (Å²) < 4.78 is 4.71. The van der Waals surface area contributed by atoms with Gasteiger partial charge in [-0.15, -0.1) is 0 Å². The molecule has 0 bridgehead atoms. The van der Waals surface area contributed by atoms with Gasteiger partial charge in [0.2, 0.25) is 0 Å². The lowest BCUT2D eigenvalue weighted by atomic mass is 9.89. The molecule has 8 aromatic rings. The van der Waals surface area contributed by atoms with Crippen LogP contribution in [0.25, 0.3) is 54.6 Å². The lowest BCUT2D eigenvalue weighted by Crippen LogP contribution is -2.03. The van der Waals surface area contributed by atoms with E-state index in [0.717, 1.165) is 35.5 Å². The molecule has 0 saturated carbocycles. The van der Waals surface area contributed by atoms with Crippen molar-refractivity contribution < 1.29 is 0 Å². The van der Waals surface area contributed by atoms with Gasteiger partial charge in [0.15, 0.2) is 0 Å². The first kappa shape index (κ1) is 24.7. The molecule has 10 rings (SSSR count). The number of hydrogen-bond acceptors (Lipinski definition) is 2. The fourth-order valence-corrected chi connectivity index (χ4v) is 8.30. The zero-order chi connectivity index (χ0) is 28.8. The molecule has 214 valence electrons. The lowest BCUT2D eigenvalue weighted by molar-refractivity contribution is 0.687. The second kappa shape index (κ2) is 9.40. The highest BCUT2D eigenvalue weighted by atomic mass is 15.0. The Morgan fingerprint density at radius 3 is 1.27 bits per heavy atom. The van der Waals surface area contributed by atoms with Gasteiger partial charge in [-0.2, -0.15) is 0 Å². The van der Waals surface area contributed by atoms with Crippen LogP contribution in [0.5, 0.6) is 0 Å². The summed E-state index contributed by atoms with van der Waals surface area (Å²) in [5, 5.41) is 7.77. The van der Waals surface area contributed by atoms with E-state index in [1.807, 2.05) is 0 Å². The predicted molar refractivity (Wildman–Crippen MR) is 181 cm³/mol. The molecule has 0 N–H and O–H groups in total. The second-order valence-electron chi connectivity index (χ2n) is 13.1. The Hall–Kier alpha value is -4.70. The summed E-state index contributed by atoms with van der Waals surface area (Å²) >= 11 is 0. The number of pyridine rings is 2. The maximum absolute atomic E-state index is 5.25. The van der Waals surface area contributed by atoms with Gasteiger partial charge >= 0.3 is 0 Å². The van der Waals surface area contributed by atoms with Crippen LogP contribution in [0.1, 0.15) is 59.3 Å². The van der Waals surface area contributed by atoms with Gasteiger partial charge in [0, 0.05) is 33.9 Å². The van der Waals surface area contributed by atoms with E-state index in [1.165, 1.54) is 117 Å². The van der Waals surface area contributed by atoms with Crippen LogP contribution >= 0.6 is 0 Å². The summed E-state index contributed by atoms with van der Waals surface area (Å²) in [5.74, 6) is 0. The maximum Gasteiger partial charge on any atom is 0.145 e. The van der Waals surface area contributed by atoms with E-state index in [0.29, 0.717) is 0 Å². The summed E-state index contributed by atoms with van der Waals surface area (Å²) in [6, 6.07) is 27.4. The van der Waals surface area contributed by atoms with E-state index in [4.69, 9.17) is 9.97 Å². The summed E-state index contributed by atoms with van der Waals surface area (Å²) in [4.78, 5) is 10.5. The molecule has 0 radical (unpaired) electrons. The second-order valence-corrected chi connectivity index (χ2v) is 13.1. The Bertz CT molecular complexity index is 2290. The first-order valence-corrected chi connectivity index (χ1v) is 16.5. The first-order chi connectivity index (χ1) is 21.8. The van der Waals surface area contributed by atoms with Crippen molar-refractivity contribution in [3.05, 3.63) is 119 Å². The van der Waals surface area contributed by atoms with Crippen molar-refractivity contribution in [1.29, 1.82) is 0 Å². The van der Waals surface area contributed by atoms with Crippen LogP contribution in [0.4, 0.5) is 0 Å². The number of rotatable bonds is 3. The molecule has 4 aromatic heterocycles. The van der Waals surface area contributed by atoms with E-state index < -0.39 is 0 Å². The molecule has 4 heterocycles. The average Bonchev–Trinajstić information content (AvgIpc) is 3.72. The highest BCUT2D eigenvalue weighted by Crippen LogP contribution is 2.36. The Morgan fingerprint density at radius 1 is 0.455 bits per heavy atom. The van der Waals surface area contributed by atoms with E-state index in [-0.39, 0.29) is 0 Å². The molecule has 0 aliphatic heterocycles. The number of aryl methyl sites for hydroxylation is 6. The van der Waals surface area contributed by atoms with Crippen LogP contribution in [0.15, 0.2) is 85.2 Å². The molecule has 4 aromatic carbocycles. The highest BCUT2D eigenvalue weighted by molar-refractivity contribution is 6.13. The molecule has 0 unspecified atom stereocenters. The SMILES string of the molecule is c1ccc2c(c1)c1cc3c(cc1n1cc(CCc4cn5c6cc7c(cc6c6ccccc6c5n4)CCCC7)nc21)CCCC3. The van der Waals surface area contributed by atoms with Gasteiger partial charge in [-0.25, -0.2) is 9.97 Å². The van der Waals surface area contributed by atoms with Crippen LogP contribution in [0, 0.1) is 0 Å². The van der Waals surface area contributed by atoms with Crippen LogP contribution in [-0.2, 0) is 38.5 Å². The molecule has 0 atom stereocenters. The van der Waals surface area contributed by atoms with Crippen molar-refractivity contribution in [2.75, 3.05) is 0 Å². The zero-order valence-electron chi connectivity index (χ0n) is 24.9. The molecule has 0 saturated heterocycles. The normalized spacial score (nSPS) is 15.2. The van der Waals surface area contributed by atoms with E-state index in [1.54, 1.807) is 0 Å². The van der Waals surface area contributed by atoms with E-state index in [2.05, 4.69) is 94.0 Å². The van der Waals surface area contributed by atoms with Gasteiger partial charge in [0.05, 0.1) is 22.4 Å². The third kappa shape index (κ3) is 3.63. The van der Waals surface area contributed by atoms with Crippen molar-refractivity contribution in [1.82, 2.24) is 18.8 Å². The molecule has 0 fully saturated rings. The van der Waals surface area contributed by atoms with Crippen molar-refractivity contribution in [3.63, 3.8) is 0 Å². The van der Waals surface area contributed by atoms with Crippen LogP contribution in [0.2, 0.25) is 0 Å². The van der Waals surface area contributed by atoms with Crippen molar-refractivity contribution in [2.24, 2.45) is 0 Å². The van der Waals surface area contributed by atoms with E-state index in [9.17, 15) is 0 Å². The minimum Gasteiger partial charge on any atom is -0.299 e. The predicted octanol–water partition coefficient (Wildman–Crippen LogP) is 9.14. The fraction of sp³-hybridized carbons (Fsp3) is 0.250. The average molecular weight is 571 g/mol. The van der Waals surface area contributed by atoms with Gasteiger partial charge in [-0.3, -0.25) is 8.80 Å². The molecule has 4 nitrogen and oxygen atoms in total. The number of hydrogen-bond donors (Lipinski definition) is 0. The summed E-state index contributed by atoms with van der Waals surface area (Å²) in [6.45, 7) is 0. The molecule has 0 amide bonds. The van der Waals surface area contributed by atoms with Crippen LogP contribution in [0.3, 0.4) is 0 Å². The van der Waals surface area contributed by atoms with Gasteiger partial charge in [-0.05, 0) is 121 Å². The van der Waals surface area contributed by atoms with Crippen molar-refractivity contribution in [2.45, 2.75) is 64.2 Å². The van der Waals surface area contributed by atoms with E-state index >= 15 is 0 Å². The van der Waals surface area contributed by atoms with Crippen LogP contribution < -0.4 is 0 Å². The third-order valence-electron chi connectivity index (χ3n) is 10.5. The largest absolute Gasteiger partial charge is 0.299 e. The number of imidazole rings is 2. The molecule has 2 aliphatic carbocycles. The lowest BCUT2D eigenvalue weighted by Gasteiger charge is -2.18. The van der Waals surface area contributed by atoms with Gasteiger partial charge < -0.3 is 0 Å². The van der Waals surface area contributed by atoms with Crippen molar-refractivity contribution >= 4 is 54.6 Å². The quantitative estimate of drug-likeness (QED) is 0.199. The monoisotopic (exact) mass is 570 g/mol. The molecule has 4 heteroatoms. The van der Waals surface area contributed by atoms with Crippen LogP contribution in [-0.4, -0.2) is 18.8 Å². The smallest absolute Gasteiger partial charge is 0.145 e. The molecule has 2 aliphatic rings. The molecule has 44 heavy (non-hydrogen) atoms. The van der Waals surface area contributed by atoms with Gasteiger partial charge in [-0.1, -0.05) is 48.5 Å². The van der Waals surface area contributed by atoms with Gasteiger partial charge in [0.1, 0.15) is 11.3 Å². The Labute approximate surface area is 256 Å². The number of fused-ring (bicyclic) bond motifs is 14. The minimum atomic E-state index is 0.859. The summed E-state index contributed by atoms with van der Waals surface area (Å²) in [5.41, 5.74) is 13.0. The fourth-order valence-electron chi connectivity index (χ4n) is 8.30. The minimum absolute atomic E-state index is 0.859. The zero-order valence-corrected chi connectivity index (χ0v) is 24.9. The number of benzene rings is 4. The summed E-state index contributed by atoms with van der Waals surface area (Å²) in [6.07, 6.45) is 16.2. The molecule has 0 spiro atoms. The first-order valence-electron chi connectivity index (χ1n) is 16.5. The molecular weight excluding hydrogens is 536 g/mol. The number of nitrogens with zero attached hydrogens (tertiary/aromatic N) is 4.